The van der Waals surface area contributed by atoms with Gasteiger partial charge in [-0.2, -0.15) is 0 Å². The van der Waals surface area contributed by atoms with Crippen molar-refractivity contribution in [2.24, 2.45) is 0 Å². The number of esters is 1. The molecule has 0 saturated carbocycles. The molecule has 7 nitrogen and oxygen atoms in total. The van der Waals surface area contributed by atoms with Crippen LogP contribution < -0.4 is 10.1 Å². The number of aryl methyl sites for hydroxylation is 2. The van der Waals surface area contributed by atoms with Gasteiger partial charge in [0.05, 0.1) is 16.8 Å². The van der Waals surface area contributed by atoms with Crippen LogP contribution in [0.2, 0.25) is 0 Å². The van der Waals surface area contributed by atoms with Gasteiger partial charge >= 0.3 is 5.97 Å². The van der Waals surface area contributed by atoms with E-state index < -0.39 is 12.1 Å². The Kier molecular flexibility index (Phi) is 7.43. The van der Waals surface area contributed by atoms with E-state index in [-0.39, 0.29) is 12.5 Å². The lowest BCUT2D eigenvalue weighted by Crippen LogP contribution is -2.36. The van der Waals surface area contributed by atoms with E-state index in [0.29, 0.717) is 30.0 Å². The smallest absolute Gasteiger partial charge is 0.339 e. The highest BCUT2D eigenvalue weighted by Crippen LogP contribution is 2.19. The van der Waals surface area contributed by atoms with Crippen molar-refractivity contribution in [1.82, 2.24) is 10.5 Å². The summed E-state index contributed by atoms with van der Waals surface area (Å²) in [6.07, 6.45) is -0.201. The van der Waals surface area contributed by atoms with Crippen LogP contribution in [0.5, 0.6) is 5.75 Å². The topological polar surface area (TPSA) is 90.7 Å². The molecule has 0 unspecified atom stereocenters. The molecule has 2 aromatic carbocycles. The number of carbonyl (C=O) groups excluding carboxylic acids is 2. The van der Waals surface area contributed by atoms with Gasteiger partial charge in [-0.25, -0.2) is 4.79 Å². The maximum absolute atomic E-state index is 12.5. The van der Waals surface area contributed by atoms with Crippen LogP contribution in [0.1, 0.15) is 39.9 Å². The molecule has 3 aromatic rings. The third-order valence-electron chi connectivity index (χ3n) is 4.84. The van der Waals surface area contributed by atoms with Crippen molar-refractivity contribution < 1.29 is 23.6 Å². The Morgan fingerprint density at radius 2 is 1.87 bits per heavy atom. The standard InChI is InChI=1S/C24H26N2O5/c1-16-22(17(2)31-26-16)15-29-21-11-7-10-20(14-21)24(28)30-18(3)23(27)25-13-12-19-8-5-4-6-9-19/h4-11,14,18H,12-13,15H2,1-3H3,(H,25,27)/t18-/m1/s1. The number of rotatable bonds is 9. The van der Waals surface area contributed by atoms with Gasteiger partial charge in [0.25, 0.3) is 5.91 Å². The van der Waals surface area contributed by atoms with Gasteiger partial charge in [0, 0.05) is 6.54 Å². The van der Waals surface area contributed by atoms with E-state index in [1.807, 2.05) is 44.2 Å². The maximum atomic E-state index is 12.5. The van der Waals surface area contributed by atoms with Crippen LogP contribution in [-0.4, -0.2) is 29.7 Å². The van der Waals surface area contributed by atoms with Crippen LogP contribution in [0, 0.1) is 13.8 Å². The molecular formula is C24H26N2O5. The number of benzene rings is 2. The van der Waals surface area contributed by atoms with Crippen molar-refractivity contribution in [3.63, 3.8) is 0 Å². The van der Waals surface area contributed by atoms with Crippen molar-refractivity contribution in [3.8, 4) is 5.75 Å². The number of nitrogens with one attached hydrogen (secondary N) is 1. The summed E-state index contributed by atoms with van der Waals surface area (Å²) in [6.45, 7) is 5.96. The Hall–Kier alpha value is -3.61. The highest BCUT2D eigenvalue weighted by Gasteiger charge is 2.19. The van der Waals surface area contributed by atoms with Gasteiger partial charge in [0.2, 0.25) is 0 Å². The van der Waals surface area contributed by atoms with Crippen molar-refractivity contribution in [1.29, 1.82) is 0 Å². The summed E-state index contributed by atoms with van der Waals surface area (Å²) in [4.78, 5) is 24.7. The summed E-state index contributed by atoms with van der Waals surface area (Å²) >= 11 is 0. The first-order valence-electron chi connectivity index (χ1n) is 10.1. The zero-order valence-corrected chi connectivity index (χ0v) is 17.9. The molecule has 0 bridgehead atoms. The van der Waals surface area contributed by atoms with Gasteiger partial charge < -0.3 is 19.3 Å². The number of aromatic nitrogens is 1. The molecule has 3 rings (SSSR count). The summed E-state index contributed by atoms with van der Waals surface area (Å²) in [5.74, 6) is 0.276. The molecule has 0 aliphatic rings. The number of nitrogens with zero attached hydrogens (tertiary/aromatic N) is 1. The predicted molar refractivity (Wildman–Crippen MR) is 115 cm³/mol. The monoisotopic (exact) mass is 422 g/mol. The Morgan fingerprint density at radius 3 is 2.58 bits per heavy atom. The molecule has 7 heteroatoms. The summed E-state index contributed by atoms with van der Waals surface area (Å²) in [5.41, 5.74) is 3.06. The first-order chi connectivity index (χ1) is 14.9. The highest BCUT2D eigenvalue weighted by atomic mass is 16.5. The van der Waals surface area contributed by atoms with Crippen molar-refractivity contribution in [2.75, 3.05) is 6.54 Å². The molecule has 1 atom stereocenters. The first-order valence-corrected chi connectivity index (χ1v) is 10.1. The third kappa shape index (κ3) is 6.18. The van der Waals surface area contributed by atoms with Crippen LogP contribution in [0.3, 0.4) is 0 Å². The Morgan fingerprint density at radius 1 is 1.10 bits per heavy atom. The van der Waals surface area contributed by atoms with E-state index in [2.05, 4.69) is 10.5 Å². The minimum absolute atomic E-state index is 0.278. The lowest BCUT2D eigenvalue weighted by molar-refractivity contribution is -0.129. The van der Waals surface area contributed by atoms with Crippen molar-refractivity contribution in [3.05, 3.63) is 82.7 Å². The van der Waals surface area contributed by atoms with E-state index in [9.17, 15) is 9.59 Å². The number of carbonyl (C=O) groups is 2. The van der Waals surface area contributed by atoms with Crippen LogP contribution in [0.4, 0.5) is 0 Å². The molecule has 1 heterocycles. The molecule has 1 N–H and O–H groups in total. The van der Waals surface area contributed by atoms with Crippen LogP contribution >= 0.6 is 0 Å². The molecule has 0 saturated heterocycles. The first kappa shape index (κ1) is 22.1. The number of hydrogen-bond acceptors (Lipinski definition) is 6. The molecule has 0 aliphatic carbocycles. The normalized spacial score (nSPS) is 11.6. The van der Waals surface area contributed by atoms with Gasteiger partial charge in [0.1, 0.15) is 18.1 Å². The summed E-state index contributed by atoms with van der Waals surface area (Å²) in [7, 11) is 0. The van der Waals surface area contributed by atoms with Gasteiger partial charge in [-0.1, -0.05) is 41.6 Å². The molecule has 31 heavy (non-hydrogen) atoms. The molecule has 0 fully saturated rings. The number of amides is 1. The SMILES string of the molecule is Cc1noc(C)c1COc1cccc(C(=O)O[C@H](C)C(=O)NCCc2ccccc2)c1. The largest absolute Gasteiger partial charge is 0.489 e. The molecule has 0 aliphatic heterocycles. The fourth-order valence-corrected chi connectivity index (χ4v) is 2.98. The highest BCUT2D eigenvalue weighted by molar-refractivity contribution is 5.92. The average Bonchev–Trinajstić information content (AvgIpc) is 3.10. The number of ether oxygens (including phenoxy) is 2. The van der Waals surface area contributed by atoms with Crippen molar-refractivity contribution >= 4 is 11.9 Å². The maximum Gasteiger partial charge on any atom is 0.339 e. The van der Waals surface area contributed by atoms with E-state index in [1.165, 1.54) is 0 Å². The lowest BCUT2D eigenvalue weighted by atomic mass is 10.1. The second-order valence-corrected chi connectivity index (χ2v) is 7.19. The fraction of sp³-hybridized carbons (Fsp3) is 0.292. The summed E-state index contributed by atoms with van der Waals surface area (Å²) in [5, 5.41) is 6.68. The van der Waals surface area contributed by atoms with Crippen molar-refractivity contribution in [2.45, 2.75) is 39.9 Å². The Bertz CT molecular complexity index is 1010. The minimum atomic E-state index is -0.907. The Balaban J connectivity index is 1.50. The predicted octanol–water partition coefficient (Wildman–Crippen LogP) is 3.77. The van der Waals surface area contributed by atoms with Crippen LogP contribution in [0.15, 0.2) is 59.1 Å². The number of hydrogen-bond donors (Lipinski definition) is 1. The van der Waals surface area contributed by atoms with Crippen LogP contribution in [0.25, 0.3) is 0 Å². The van der Waals surface area contributed by atoms with Gasteiger partial charge in [-0.3, -0.25) is 4.79 Å². The van der Waals surface area contributed by atoms with E-state index in [0.717, 1.165) is 16.8 Å². The zero-order chi connectivity index (χ0) is 22.2. The molecule has 1 amide bonds. The van der Waals surface area contributed by atoms with Gasteiger partial charge in [-0.15, -0.1) is 0 Å². The zero-order valence-electron chi connectivity index (χ0n) is 17.9. The van der Waals surface area contributed by atoms with Gasteiger partial charge in [0.15, 0.2) is 6.10 Å². The molecule has 162 valence electrons. The quantitative estimate of drug-likeness (QED) is 0.528. The van der Waals surface area contributed by atoms with Gasteiger partial charge in [-0.05, 0) is 51.0 Å². The summed E-state index contributed by atoms with van der Waals surface area (Å²) in [6, 6.07) is 16.5. The second-order valence-electron chi connectivity index (χ2n) is 7.19. The van der Waals surface area contributed by atoms with E-state index in [4.69, 9.17) is 14.0 Å². The minimum Gasteiger partial charge on any atom is -0.489 e. The van der Waals surface area contributed by atoms with E-state index in [1.54, 1.807) is 31.2 Å². The molecular weight excluding hydrogens is 396 g/mol. The Labute approximate surface area is 181 Å². The summed E-state index contributed by atoms with van der Waals surface area (Å²) < 4.78 is 16.2. The third-order valence-corrected chi connectivity index (χ3v) is 4.84. The molecule has 0 radical (unpaired) electrons. The van der Waals surface area contributed by atoms with Crippen LogP contribution in [-0.2, 0) is 22.6 Å². The second kappa shape index (κ2) is 10.4. The fourth-order valence-electron chi connectivity index (χ4n) is 2.98. The van der Waals surface area contributed by atoms with E-state index >= 15 is 0 Å². The molecule has 1 aromatic heterocycles. The molecule has 0 spiro atoms. The average molecular weight is 422 g/mol. The lowest BCUT2D eigenvalue weighted by Gasteiger charge is -2.14.